The minimum Gasteiger partial charge on any atom is -0.493 e. The Morgan fingerprint density at radius 3 is 2.47 bits per heavy atom. The normalized spacial score (nSPS) is 17.6. The smallest absolute Gasteiger partial charge is 0.246 e. The zero-order chi connectivity index (χ0) is 12.4. The second-order valence-corrected chi connectivity index (χ2v) is 3.68. The molecule has 1 atom stereocenters. The lowest BCUT2D eigenvalue weighted by molar-refractivity contribution is -0.116. The van der Waals surface area contributed by atoms with Crippen LogP contribution in [0.2, 0.25) is 0 Å². The Morgan fingerprint density at radius 2 is 1.82 bits per heavy atom. The number of fused-ring (bicyclic) bond motifs is 1. The van der Waals surface area contributed by atoms with Gasteiger partial charge in [0.05, 0.1) is 18.9 Å². The molecule has 2 rings (SSSR count). The Kier molecular flexibility index (Phi) is 3.19. The van der Waals surface area contributed by atoms with E-state index >= 15 is 0 Å². The first kappa shape index (κ1) is 11.7. The summed E-state index contributed by atoms with van der Waals surface area (Å²) in [6, 6.07) is 2.88. The summed E-state index contributed by atoms with van der Waals surface area (Å²) in [6.45, 7) is 4.84. The topological polar surface area (TPSA) is 73.6 Å². The highest BCUT2D eigenvalue weighted by Crippen LogP contribution is 2.43. The fourth-order valence-corrected chi connectivity index (χ4v) is 1.91. The third-order valence-electron chi connectivity index (χ3n) is 2.61. The molecule has 5 heteroatoms. The summed E-state index contributed by atoms with van der Waals surface area (Å²) >= 11 is 0. The third kappa shape index (κ3) is 1.93. The number of nitrogens with one attached hydrogen (secondary N) is 1. The van der Waals surface area contributed by atoms with Crippen LogP contribution in [0.5, 0.6) is 11.5 Å². The third-order valence-corrected chi connectivity index (χ3v) is 2.61. The number of ether oxygens (including phenoxy) is 2. The number of hydrogen-bond donors (Lipinski definition) is 2. The van der Waals surface area contributed by atoms with Crippen molar-refractivity contribution in [1.82, 2.24) is 0 Å². The summed E-state index contributed by atoms with van der Waals surface area (Å²) in [6.07, 6.45) is 0. The van der Waals surface area contributed by atoms with E-state index in [1.54, 1.807) is 12.1 Å². The van der Waals surface area contributed by atoms with Gasteiger partial charge < -0.3 is 20.5 Å². The van der Waals surface area contributed by atoms with E-state index in [0.29, 0.717) is 36.0 Å². The largest absolute Gasteiger partial charge is 0.493 e. The molecule has 1 heterocycles. The molecule has 3 N–H and O–H groups in total. The van der Waals surface area contributed by atoms with Crippen molar-refractivity contribution in [1.29, 1.82) is 0 Å². The fraction of sp³-hybridized carbons (Fsp3) is 0.417. The van der Waals surface area contributed by atoms with E-state index < -0.39 is 6.04 Å². The van der Waals surface area contributed by atoms with E-state index in [1.165, 1.54) is 0 Å². The summed E-state index contributed by atoms with van der Waals surface area (Å²) in [5, 5.41) is 2.73. The molecular weight excluding hydrogens is 220 g/mol. The van der Waals surface area contributed by atoms with Gasteiger partial charge >= 0.3 is 0 Å². The molecule has 1 unspecified atom stereocenters. The lowest BCUT2D eigenvalue weighted by atomic mass is 10.1. The monoisotopic (exact) mass is 236 g/mol. The summed E-state index contributed by atoms with van der Waals surface area (Å²) < 4.78 is 10.9. The number of carbonyl (C=O) groups is 1. The minimum atomic E-state index is -0.688. The summed E-state index contributed by atoms with van der Waals surface area (Å²) in [5.74, 6) is 1.04. The molecule has 1 aliphatic rings. The van der Waals surface area contributed by atoms with Gasteiger partial charge in [0, 0.05) is 5.56 Å². The molecule has 1 amide bonds. The number of carbonyl (C=O) groups excluding carboxylic acids is 1. The van der Waals surface area contributed by atoms with Gasteiger partial charge in [-0.05, 0) is 26.0 Å². The van der Waals surface area contributed by atoms with Crippen molar-refractivity contribution in [2.45, 2.75) is 19.9 Å². The summed E-state index contributed by atoms with van der Waals surface area (Å²) in [4.78, 5) is 11.6. The van der Waals surface area contributed by atoms with Crippen LogP contribution in [-0.4, -0.2) is 19.1 Å². The zero-order valence-corrected chi connectivity index (χ0v) is 9.95. The Hall–Kier alpha value is -1.75. The highest BCUT2D eigenvalue weighted by atomic mass is 16.5. The number of nitrogens with two attached hydrogens (primary N) is 1. The van der Waals surface area contributed by atoms with Gasteiger partial charge in [-0.3, -0.25) is 4.79 Å². The standard InChI is InChI=1S/C12H16N2O3/c1-3-16-7-5-6-8(17-4-2)11-9(7)10(13)12(15)14-11/h5-6,10H,3-4,13H2,1-2H3,(H,14,15). The van der Waals surface area contributed by atoms with Crippen LogP contribution < -0.4 is 20.5 Å². The Balaban J connectivity index is 2.49. The summed E-state index contributed by atoms with van der Waals surface area (Å²) in [7, 11) is 0. The van der Waals surface area contributed by atoms with Gasteiger partial charge in [-0.1, -0.05) is 0 Å². The average Bonchev–Trinajstić information content (AvgIpc) is 2.60. The molecule has 17 heavy (non-hydrogen) atoms. The molecule has 92 valence electrons. The van der Waals surface area contributed by atoms with Crippen molar-refractivity contribution in [2.75, 3.05) is 18.5 Å². The maximum atomic E-state index is 11.6. The van der Waals surface area contributed by atoms with Crippen LogP contribution in [0.25, 0.3) is 0 Å². The van der Waals surface area contributed by atoms with Gasteiger partial charge in [0.1, 0.15) is 17.5 Å². The summed E-state index contributed by atoms with van der Waals surface area (Å²) in [5.41, 5.74) is 7.16. The molecule has 5 nitrogen and oxygen atoms in total. The molecule has 1 aromatic carbocycles. The lowest BCUT2D eigenvalue weighted by Crippen LogP contribution is -2.20. The van der Waals surface area contributed by atoms with Gasteiger partial charge in [0.15, 0.2) is 0 Å². The molecule has 0 bridgehead atoms. The van der Waals surface area contributed by atoms with E-state index in [4.69, 9.17) is 15.2 Å². The highest BCUT2D eigenvalue weighted by Gasteiger charge is 2.33. The molecule has 0 radical (unpaired) electrons. The van der Waals surface area contributed by atoms with E-state index in [2.05, 4.69) is 5.32 Å². The molecule has 1 aromatic rings. The Labute approximate surface area is 99.9 Å². The van der Waals surface area contributed by atoms with E-state index in [0.717, 1.165) is 0 Å². The molecule has 0 spiro atoms. The first-order chi connectivity index (χ1) is 8.19. The van der Waals surface area contributed by atoms with Crippen molar-refractivity contribution in [3.63, 3.8) is 0 Å². The number of anilines is 1. The zero-order valence-electron chi connectivity index (χ0n) is 9.95. The first-order valence-electron chi connectivity index (χ1n) is 5.68. The van der Waals surface area contributed by atoms with Gasteiger partial charge in [-0.25, -0.2) is 0 Å². The van der Waals surface area contributed by atoms with E-state index in [9.17, 15) is 4.79 Å². The molecule has 0 fully saturated rings. The van der Waals surface area contributed by atoms with Crippen LogP contribution in [0.4, 0.5) is 5.69 Å². The quantitative estimate of drug-likeness (QED) is 0.829. The van der Waals surface area contributed by atoms with Gasteiger partial charge in [-0.2, -0.15) is 0 Å². The SMILES string of the molecule is CCOc1ccc(OCC)c2c1NC(=O)C2N. The predicted molar refractivity (Wildman–Crippen MR) is 64.3 cm³/mol. The van der Waals surface area contributed by atoms with Crippen LogP contribution in [0, 0.1) is 0 Å². The second-order valence-electron chi connectivity index (χ2n) is 3.68. The van der Waals surface area contributed by atoms with E-state index in [1.807, 2.05) is 13.8 Å². The number of hydrogen-bond acceptors (Lipinski definition) is 4. The molecule has 1 aliphatic heterocycles. The molecule has 0 saturated heterocycles. The van der Waals surface area contributed by atoms with Crippen molar-refractivity contribution in [3.8, 4) is 11.5 Å². The van der Waals surface area contributed by atoms with Crippen LogP contribution in [0.1, 0.15) is 25.5 Å². The number of amides is 1. The van der Waals surface area contributed by atoms with Crippen molar-refractivity contribution in [2.24, 2.45) is 5.73 Å². The van der Waals surface area contributed by atoms with Gasteiger partial charge in [0.2, 0.25) is 5.91 Å². The average molecular weight is 236 g/mol. The molecule has 0 aromatic heterocycles. The van der Waals surface area contributed by atoms with E-state index in [-0.39, 0.29) is 5.91 Å². The molecule has 0 aliphatic carbocycles. The Morgan fingerprint density at radius 1 is 1.24 bits per heavy atom. The van der Waals surface area contributed by atoms with Crippen LogP contribution in [0.15, 0.2) is 12.1 Å². The molecule has 0 saturated carbocycles. The Bertz CT molecular complexity index is 446. The number of rotatable bonds is 4. The minimum absolute atomic E-state index is 0.229. The van der Waals surface area contributed by atoms with Gasteiger partial charge in [0.25, 0.3) is 0 Å². The predicted octanol–water partition coefficient (Wildman–Crippen LogP) is 1.44. The fourth-order valence-electron chi connectivity index (χ4n) is 1.91. The first-order valence-corrected chi connectivity index (χ1v) is 5.68. The van der Waals surface area contributed by atoms with Crippen LogP contribution in [0.3, 0.4) is 0 Å². The maximum Gasteiger partial charge on any atom is 0.246 e. The number of benzene rings is 1. The van der Waals surface area contributed by atoms with Gasteiger partial charge in [-0.15, -0.1) is 0 Å². The molecular formula is C12H16N2O3. The maximum absolute atomic E-state index is 11.6. The highest BCUT2D eigenvalue weighted by molar-refractivity contribution is 6.05. The lowest BCUT2D eigenvalue weighted by Gasteiger charge is -2.13. The second kappa shape index (κ2) is 4.63. The van der Waals surface area contributed by atoms with Crippen molar-refractivity contribution < 1.29 is 14.3 Å². The van der Waals surface area contributed by atoms with Crippen LogP contribution >= 0.6 is 0 Å². The van der Waals surface area contributed by atoms with Crippen molar-refractivity contribution >= 4 is 11.6 Å². The van der Waals surface area contributed by atoms with Crippen LogP contribution in [-0.2, 0) is 4.79 Å². The van der Waals surface area contributed by atoms with Crippen molar-refractivity contribution in [3.05, 3.63) is 17.7 Å².